The van der Waals surface area contributed by atoms with Gasteiger partial charge in [-0.2, -0.15) is 0 Å². The molecule has 1 fully saturated rings. The molecule has 0 aromatic carbocycles. The Morgan fingerprint density at radius 3 is 2.54 bits per heavy atom. The maximum Gasteiger partial charge on any atom is 0.416 e. The van der Waals surface area contributed by atoms with E-state index in [4.69, 9.17) is 23.7 Å². The van der Waals surface area contributed by atoms with Crippen molar-refractivity contribution in [1.29, 1.82) is 0 Å². The summed E-state index contributed by atoms with van der Waals surface area (Å²) in [4.78, 5) is 38.6. The monoisotopic (exact) mass is 523 g/mol. The smallest absolute Gasteiger partial charge is 0.416 e. The minimum absolute atomic E-state index is 0.0645. The van der Waals surface area contributed by atoms with E-state index in [0.717, 1.165) is 0 Å². The summed E-state index contributed by atoms with van der Waals surface area (Å²) >= 11 is 0. The topological polar surface area (TPSA) is 147 Å². The van der Waals surface area contributed by atoms with Crippen LogP contribution in [0.4, 0.5) is 10.6 Å². The summed E-state index contributed by atoms with van der Waals surface area (Å²) in [7, 11) is 0. The van der Waals surface area contributed by atoms with Crippen LogP contribution in [-0.4, -0.2) is 93.1 Å². The third kappa shape index (κ3) is 6.72. The molecule has 0 radical (unpaired) electrons. The molecule has 1 aliphatic heterocycles. The van der Waals surface area contributed by atoms with Crippen molar-refractivity contribution in [1.82, 2.24) is 19.5 Å². The van der Waals surface area contributed by atoms with Crippen LogP contribution < -0.4 is 4.90 Å². The number of aliphatic hydroxyl groups excluding tert-OH is 1. The maximum atomic E-state index is 13.2. The van der Waals surface area contributed by atoms with Crippen molar-refractivity contribution >= 4 is 29.5 Å². The molecule has 3 heterocycles. The molecule has 13 heteroatoms. The standard InChI is InChI=1S/C24H37N5O8/c1-8-33-10-15-18(34-9-2)17(31)21(36-15)29-13-27-16-19(25-12-26-20(16)29)28(11-24(6,7)35-14-30)22(32)37-23(3,4)5/h12-15,17-18,21,31H,8-11H2,1-7H3/t15-,17?,18+,21-/m1/s1. The number of carbonyl (C=O) groups excluding carboxylic acids is 2. The number of nitrogens with zero attached hydrogens (tertiary/aromatic N) is 5. The average Bonchev–Trinajstić information content (AvgIpc) is 3.36. The van der Waals surface area contributed by atoms with Crippen molar-refractivity contribution in [2.45, 2.75) is 84.2 Å². The average molecular weight is 524 g/mol. The largest absolute Gasteiger partial charge is 0.460 e. The maximum absolute atomic E-state index is 13.2. The number of aliphatic hydroxyl groups is 1. The number of hydrogen-bond donors (Lipinski definition) is 1. The van der Waals surface area contributed by atoms with Crippen molar-refractivity contribution in [2.24, 2.45) is 0 Å². The Morgan fingerprint density at radius 2 is 1.92 bits per heavy atom. The Balaban J connectivity index is 2.02. The molecular weight excluding hydrogens is 486 g/mol. The van der Waals surface area contributed by atoms with Crippen LogP contribution in [0, 0.1) is 0 Å². The molecule has 0 saturated carbocycles. The van der Waals surface area contributed by atoms with Crippen LogP contribution in [0.3, 0.4) is 0 Å². The van der Waals surface area contributed by atoms with E-state index in [1.54, 1.807) is 39.2 Å². The second kappa shape index (κ2) is 11.7. The number of amides is 1. The second-order valence-corrected chi connectivity index (χ2v) is 10.2. The van der Waals surface area contributed by atoms with Gasteiger partial charge in [0.15, 0.2) is 23.2 Å². The van der Waals surface area contributed by atoms with Crippen LogP contribution in [-0.2, 0) is 28.5 Å². The van der Waals surface area contributed by atoms with E-state index in [2.05, 4.69) is 15.0 Å². The summed E-state index contributed by atoms with van der Waals surface area (Å²) in [5.74, 6) is 0.153. The van der Waals surface area contributed by atoms with E-state index in [1.165, 1.54) is 17.6 Å². The minimum Gasteiger partial charge on any atom is -0.460 e. The van der Waals surface area contributed by atoms with Crippen LogP contribution in [0.1, 0.15) is 54.7 Å². The molecule has 1 unspecified atom stereocenters. The number of ether oxygens (including phenoxy) is 5. The lowest BCUT2D eigenvalue weighted by Crippen LogP contribution is -2.46. The Hall–Kier alpha value is -2.87. The van der Waals surface area contributed by atoms with Crippen LogP contribution in [0.2, 0.25) is 0 Å². The minimum atomic E-state index is -1.06. The van der Waals surface area contributed by atoms with Gasteiger partial charge in [0.1, 0.15) is 35.8 Å². The van der Waals surface area contributed by atoms with Gasteiger partial charge in [0.2, 0.25) is 0 Å². The van der Waals surface area contributed by atoms with Gasteiger partial charge in [0.25, 0.3) is 6.47 Å². The fourth-order valence-electron chi connectivity index (χ4n) is 4.03. The molecule has 2 aromatic rings. The molecule has 0 aliphatic carbocycles. The van der Waals surface area contributed by atoms with Gasteiger partial charge in [-0.25, -0.2) is 19.7 Å². The molecule has 37 heavy (non-hydrogen) atoms. The summed E-state index contributed by atoms with van der Waals surface area (Å²) in [6.07, 6.45) is -0.959. The molecule has 206 valence electrons. The first kappa shape index (κ1) is 28.7. The number of anilines is 1. The van der Waals surface area contributed by atoms with Gasteiger partial charge in [-0.05, 0) is 48.5 Å². The van der Waals surface area contributed by atoms with E-state index >= 15 is 0 Å². The molecule has 1 amide bonds. The van der Waals surface area contributed by atoms with E-state index in [0.29, 0.717) is 25.3 Å². The Labute approximate surface area is 216 Å². The zero-order valence-corrected chi connectivity index (χ0v) is 22.4. The number of carbonyl (C=O) groups is 2. The molecule has 4 atom stereocenters. The number of fused-ring (bicyclic) bond motifs is 1. The lowest BCUT2D eigenvalue weighted by molar-refractivity contribution is -0.139. The summed E-state index contributed by atoms with van der Waals surface area (Å²) in [6, 6.07) is 0. The molecule has 1 saturated heterocycles. The molecule has 0 spiro atoms. The normalized spacial score (nSPS) is 22.3. The highest BCUT2D eigenvalue weighted by molar-refractivity contribution is 5.95. The van der Waals surface area contributed by atoms with E-state index in [1.807, 2.05) is 13.8 Å². The third-order valence-electron chi connectivity index (χ3n) is 5.54. The van der Waals surface area contributed by atoms with Crippen LogP contribution in [0.25, 0.3) is 11.2 Å². The highest BCUT2D eigenvalue weighted by Crippen LogP contribution is 2.35. The summed E-state index contributed by atoms with van der Waals surface area (Å²) < 4.78 is 29.7. The second-order valence-electron chi connectivity index (χ2n) is 10.2. The van der Waals surface area contributed by atoms with Crippen LogP contribution >= 0.6 is 0 Å². The van der Waals surface area contributed by atoms with Crippen LogP contribution in [0.15, 0.2) is 12.7 Å². The van der Waals surface area contributed by atoms with Gasteiger partial charge < -0.3 is 28.8 Å². The zero-order valence-electron chi connectivity index (χ0n) is 22.4. The van der Waals surface area contributed by atoms with Gasteiger partial charge in [0, 0.05) is 13.2 Å². The summed E-state index contributed by atoms with van der Waals surface area (Å²) in [6.45, 7) is 13.6. The quantitative estimate of drug-likeness (QED) is 0.432. The Morgan fingerprint density at radius 1 is 1.19 bits per heavy atom. The number of aromatic nitrogens is 4. The predicted molar refractivity (Wildman–Crippen MR) is 132 cm³/mol. The Kier molecular flexibility index (Phi) is 9.05. The number of rotatable bonds is 11. The zero-order chi connectivity index (χ0) is 27.4. The molecule has 13 nitrogen and oxygen atoms in total. The van der Waals surface area contributed by atoms with E-state index < -0.39 is 41.8 Å². The van der Waals surface area contributed by atoms with Gasteiger partial charge in [-0.1, -0.05) is 0 Å². The molecule has 1 aliphatic rings. The van der Waals surface area contributed by atoms with Gasteiger partial charge in [-0.3, -0.25) is 14.3 Å². The van der Waals surface area contributed by atoms with Crippen molar-refractivity contribution in [3.63, 3.8) is 0 Å². The van der Waals surface area contributed by atoms with Crippen LogP contribution in [0.5, 0.6) is 0 Å². The fraction of sp³-hybridized carbons (Fsp3) is 0.708. The first-order valence-corrected chi connectivity index (χ1v) is 12.2. The molecule has 3 rings (SSSR count). The highest BCUT2D eigenvalue weighted by Gasteiger charge is 2.46. The predicted octanol–water partition coefficient (Wildman–Crippen LogP) is 2.22. The molecule has 2 aromatic heterocycles. The molecule has 1 N–H and O–H groups in total. The Bertz CT molecular complexity index is 1070. The van der Waals surface area contributed by atoms with Crippen molar-refractivity contribution in [2.75, 3.05) is 31.3 Å². The van der Waals surface area contributed by atoms with Crippen molar-refractivity contribution in [3.05, 3.63) is 12.7 Å². The summed E-state index contributed by atoms with van der Waals surface area (Å²) in [5, 5.41) is 11.1. The third-order valence-corrected chi connectivity index (χ3v) is 5.54. The molecular formula is C24H37N5O8. The lowest BCUT2D eigenvalue weighted by Gasteiger charge is -2.32. The van der Waals surface area contributed by atoms with Crippen molar-refractivity contribution < 1.29 is 38.4 Å². The van der Waals surface area contributed by atoms with E-state index in [9.17, 15) is 14.7 Å². The molecule has 0 bridgehead atoms. The van der Waals surface area contributed by atoms with Crippen molar-refractivity contribution in [3.8, 4) is 0 Å². The van der Waals surface area contributed by atoms with Gasteiger partial charge in [0.05, 0.1) is 19.5 Å². The highest BCUT2D eigenvalue weighted by atomic mass is 16.6. The number of imidazole rings is 1. The first-order chi connectivity index (χ1) is 17.4. The SMILES string of the molecule is CCOC[C@H]1O[C@@H](n2cnc3c(N(CC(C)(C)OC=O)C(=O)OC(C)(C)C)ncnc32)C(O)[C@H]1OCC. The lowest BCUT2D eigenvalue weighted by atomic mass is 10.1. The first-order valence-electron chi connectivity index (χ1n) is 12.2. The van der Waals surface area contributed by atoms with E-state index in [-0.39, 0.29) is 24.5 Å². The number of hydrogen-bond acceptors (Lipinski definition) is 11. The van der Waals surface area contributed by atoms with Gasteiger partial charge >= 0.3 is 6.09 Å². The fourth-order valence-corrected chi connectivity index (χ4v) is 4.03. The summed E-state index contributed by atoms with van der Waals surface area (Å²) in [5.41, 5.74) is -1.25. The van der Waals surface area contributed by atoms with Gasteiger partial charge in [-0.15, -0.1) is 0 Å².